The Labute approximate surface area is 128 Å². The average molecular weight is 302 g/mol. The van der Waals surface area contributed by atoms with Crippen LogP contribution in [0, 0.1) is 0 Å². The fraction of sp³-hybridized carbons (Fsp3) is 0.375. The Morgan fingerprint density at radius 2 is 2.05 bits per heavy atom. The maximum absolute atomic E-state index is 12.6. The fourth-order valence-electron chi connectivity index (χ4n) is 2.42. The minimum Gasteiger partial charge on any atom is -0.497 e. The Bertz CT molecular complexity index is 672. The summed E-state index contributed by atoms with van der Waals surface area (Å²) in [7, 11) is 1.59. The van der Waals surface area contributed by atoms with Crippen LogP contribution in [-0.4, -0.2) is 41.3 Å². The Balaban J connectivity index is 2.04. The van der Waals surface area contributed by atoms with Crippen molar-refractivity contribution in [2.45, 2.75) is 19.4 Å². The fourth-order valence-corrected chi connectivity index (χ4v) is 2.42. The zero-order chi connectivity index (χ0) is 15.7. The second-order valence-electron chi connectivity index (χ2n) is 5.32. The largest absolute Gasteiger partial charge is 0.497 e. The van der Waals surface area contributed by atoms with Gasteiger partial charge in [-0.05, 0) is 37.6 Å². The molecular weight excluding hydrogens is 284 g/mol. The molecule has 0 saturated carbocycles. The third-order valence-electron chi connectivity index (χ3n) is 3.82. The lowest BCUT2D eigenvalue weighted by Gasteiger charge is -2.31. The average Bonchev–Trinajstić information content (AvgIpc) is 2.90. The van der Waals surface area contributed by atoms with Crippen LogP contribution in [0.1, 0.15) is 35.6 Å². The molecule has 1 aromatic carbocycles. The molecule has 6 heteroatoms. The topological polar surface area (TPSA) is 75.8 Å². The van der Waals surface area contributed by atoms with Gasteiger partial charge >= 0.3 is 0 Å². The zero-order valence-electron chi connectivity index (χ0n) is 12.6. The third-order valence-corrected chi connectivity index (χ3v) is 3.82. The predicted molar refractivity (Wildman–Crippen MR) is 79.6 cm³/mol. The van der Waals surface area contributed by atoms with Crippen molar-refractivity contribution >= 4 is 5.91 Å². The van der Waals surface area contributed by atoms with Crippen LogP contribution in [0.2, 0.25) is 0 Å². The number of rotatable bonds is 4. The SMILES string of the molecule is COc1ccc(-c2noc([C@H](C)O)c2C(=O)N2CCC2)cc1. The van der Waals surface area contributed by atoms with Crippen LogP contribution in [0.25, 0.3) is 11.3 Å². The Hall–Kier alpha value is -2.34. The van der Waals surface area contributed by atoms with E-state index in [9.17, 15) is 9.90 Å². The predicted octanol–water partition coefficient (Wildman–Crippen LogP) is 2.25. The molecular formula is C16H18N2O4. The molecule has 0 bridgehead atoms. The third kappa shape index (κ3) is 2.46. The van der Waals surface area contributed by atoms with Crippen LogP contribution in [0.4, 0.5) is 0 Å². The normalized spacial score (nSPS) is 15.3. The molecule has 1 aliphatic rings. The van der Waals surface area contributed by atoms with E-state index in [4.69, 9.17) is 9.26 Å². The van der Waals surface area contributed by atoms with E-state index < -0.39 is 6.10 Å². The monoisotopic (exact) mass is 302 g/mol. The van der Waals surface area contributed by atoms with Gasteiger partial charge in [-0.15, -0.1) is 0 Å². The molecule has 0 aliphatic carbocycles. The number of benzene rings is 1. The molecule has 3 rings (SSSR count). The highest BCUT2D eigenvalue weighted by Gasteiger charge is 2.31. The summed E-state index contributed by atoms with van der Waals surface area (Å²) < 4.78 is 10.4. The van der Waals surface area contributed by atoms with E-state index in [-0.39, 0.29) is 11.7 Å². The van der Waals surface area contributed by atoms with Crippen molar-refractivity contribution in [3.05, 3.63) is 35.6 Å². The first-order chi connectivity index (χ1) is 10.6. The Kier molecular flexibility index (Phi) is 3.85. The summed E-state index contributed by atoms with van der Waals surface area (Å²) in [5.74, 6) is 0.788. The number of carbonyl (C=O) groups excluding carboxylic acids is 1. The van der Waals surface area contributed by atoms with Crippen LogP contribution in [-0.2, 0) is 0 Å². The Morgan fingerprint density at radius 1 is 1.36 bits per heavy atom. The summed E-state index contributed by atoms with van der Waals surface area (Å²) in [6, 6.07) is 7.22. The molecule has 116 valence electrons. The van der Waals surface area contributed by atoms with E-state index in [1.54, 1.807) is 31.1 Å². The Morgan fingerprint density at radius 3 is 2.55 bits per heavy atom. The molecule has 1 atom stereocenters. The molecule has 2 aromatic rings. The number of hydrogen-bond acceptors (Lipinski definition) is 5. The zero-order valence-corrected chi connectivity index (χ0v) is 12.6. The van der Waals surface area contributed by atoms with Crippen molar-refractivity contribution < 1.29 is 19.2 Å². The summed E-state index contributed by atoms with van der Waals surface area (Å²) in [6.07, 6.45) is 0.110. The van der Waals surface area contributed by atoms with Crippen molar-refractivity contribution in [1.82, 2.24) is 10.1 Å². The van der Waals surface area contributed by atoms with Gasteiger partial charge in [0, 0.05) is 18.7 Å². The number of nitrogens with zero attached hydrogens (tertiary/aromatic N) is 2. The number of amides is 1. The minimum atomic E-state index is -0.889. The lowest BCUT2D eigenvalue weighted by atomic mass is 10.0. The standard InChI is InChI=1S/C16H18N2O4/c1-10(19)15-13(16(20)18-8-3-9-18)14(17-22-15)11-4-6-12(21-2)7-5-11/h4-7,10,19H,3,8-9H2,1-2H3/t10-/m0/s1. The van der Waals surface area contributed by atoms with E-state index in [0.29, 0.717) is 11.3 Å². The number of ether oxygens (including phenoxy) is 1. The first-order valence-corrected chi connectivity index (χ1v) is 7.23. The van der Waals surface area contributed by atoms with Crippen molar-refractivity contribution in [3.8, 4) is 17.0 Å². The lowest BCUT2D eigenvalue weighted by Crippen LogP contribution is -2.42. The molecule has 1 fully saturated rings. The van der Waals surface area contributed by atoms with Gasteiger partial charge in [-0.2, -0.15) is 0 Å². The summed E-state index contributed by atoms with van der Waals surface area (Å²) in [5.41, 5.74) is 1.55. The van der Waals surface area contributed by atoms with Gasteiger partial charge in [-0.3, -0.25) is 4.79 Å². The van der Waals surface area contributed by atoms with Crippen LogP contribution < -0.4 is 4.74 Å². The molecule has 22 heavy (non-hydrogen) atoms. The van der Waals surface area contributed by atoms with E-state index >= 15 is 0 Å². The molecule has 1 aromatic heterocycles. The molecule has 0 unspecified atom stereocenters. The minimum absolute atomic E-state index is 0.144. The van der Waals surface area contributed by atoms with Crippen molar-refractivity contribution in [3.63, 3.8) is 0 Å². The molecule has 1 aliphatic heterocycles. The molecule has 6 nitrogen and oxygen atoms in total. The molecule has 1 N–H and O–H groups in total. The maximum Gasteiger partial charge on any atom is 0.259 e. The second kappa shape index (κ2) is 5.81. The summed E-state index contributed by atoms with van der Waals surface area (Å²) in [4.78, 5) is 14.3. The smallest absolute Gasteiger partial charge is 0.259 e. The number of carbonyl (C=O) groups is 1. The summed E-state index contributed by atoms with van der Waals surface area (Å²) >= 11 is 0. The van der Waals surface area contributed by atoms with Crippen molar-refractivity contribution in [1.29, 1.82) is 0 Å². The highest BCUT2D eigenvalue weighted by molar-refractivity contribution is 6.01. The van der Waals surface area contributed by atoms with Gasteiger partial charge in [0.05, 0.1) is 7.11 Å². The van der Waals surface area contributed by atoms with Crippen molar-refractivity contribution in [2.24, 2.45) is 0 Å². The quantitative estimate of drug-likeness (QED) is 0.937. The summed E-state index contributed by atoms with van der Waals surface area (Å²) in [5, 5.41) is 13.8. The van der Waals surface area contributed by atoms with Gasteiger partial charge in [-0.1, -0.05) is 5.16 Å². The van der Waals surface area contributed by atoms with Gasteiger partial charge in [0.1, 0.15) is 23.1 Å². The van der Waals surface area contributed by atoms with Gasteiger partial charge in [0.25, 0.3) is 5.91 Å². The van der Waals surface area contributed by atoms with Crippen LogP contribution in [0.5, 0.6) is 5.75 Å². The van der Waals surface area contributed by atoms with Crippen LogP contribution >= 0.6 is 0 Å². The molecule has 0 spiro atoms. The van der Waals surface area contributed by atoms with Crippen LogP contribution in [0.3, 0.4) is 0 Å². The number of aliphatic hydroxyl groups excluding tert-OH is 1. The number of aliphatic hydroxyl groups is 1. The highest BCUT2D eigenvalue weighted by atomic mass is 16.5. The van der Waals surface area contributed by atoms with Crippen LogP contribution in [0.15, 0.2) is 28.8 Å². The van der Waals surface area contributed by atoms with Gasteiger partial charge in [0.15, 0.2) is 5.76 Å². The number of hydrogen-bond donors (Lipinski definition) is 1. The molecule has 0 radical (unpaired) electrons. The molecule has 1 amide bonds. The van der Waals surface area contributed by atoms with E-state index in [1.165, 1.54) is 0 Å². The van der Waals surface area contributed by atoms with E-state index in [0.717, 1.165) is 30.8 Å². The van der Waals surface area contributed by atoms with E-state index in [2.05, 4.69) is 5.16 Å². The maximum atomic E-state index is 12.6. The molecule has 2 heterocycles. The highest BCUT2D eigenvalue weighted by Crippen LogP contribution is 2.32. The first kappa shape index (κ1) is 14.6. The first-order valence-electron chi connectivity index (χ1n) is 7.23. The van der Waals surface area contributed by atoms with Gasteiger partial charge in [-0.25, -0.2) is 0 Å². The summed E-state index contributed by atoms with van der Waals surface area (Å²) in [6.45, 7) is 3.02. The van der Waals surface area contributed by atoms with E-state index in [1.807, 2.05) is 12.1 Å². The number of methoxy groups -OCH3 is 1. The number of aromatic nitrogens is 1. The van der Waals surface area contributed by atoms with Gasteiger partial charge < -0.3 is 19.3 Å². The van der Waals surface area contributed by atoms with Crippen molar-refractivity contribution in [2.75, 3.05) is 20.2 Å². The number of likely N-dealkylation sites (tertiary alicyclic amines) is 1. The van der Waals surface area contributed by atoms with Gasteiger partial charge in [0.2, 0.25) is 0 Å². The molecule has 1 saturated heterocycles. The lowest BCUT2D eigenvalue weighted by molar-refractivity contribution is 0.0641. The second-order valence-corrected chi connectivity index (χ2v) is 5.32.